The number of imidazole rings is 1. The highest BCUT2D eigenvalue weighted by atomic mass is 32.2. The van der Waals surface area contributed by atoms with Crippen LogP contribution in [0.4, 0.5) is 5.69 Å². The molecule has 1 amide bonds. The van der Waals surface area contributed by atoms with Crippen molar-refractivity contribution in [2.75, 3.05) is 11.1 Å². The quantitative estimate of drug-likeness (QED) is 0.396. The lowest BCUT2D eigenvalue weighted by Gasteiger charge is -2.05. The molecule has 8 heteroatoms. The third-order valence-electron chi connectivity index (χ3n) is 3.37. The second kappa shape index (κ2) is 5.73. The van der Waals surface area contributed by atoms with E-state index in [0.29, 0.717) is 10.7 Å². The summed E-state index contributed by atoms with van der Waals surface area (Å²) in [7, 11) is 0. The molecule has 0 atom stereocenters. The number of amides is 1. The minimum absolute atomic E-state index is 0.0906. The van der Waals surface area contributed by atoms with Crippen LogP contribution in [-0.4, -0.2) is 36.6 Å². The summed E-state index contributed by atoms with van der Waals surface area (Å²) in [6, 6.07) is 7.75. The van der Waals surface area contributed by atoms with Crippen molar-refractivity contribution in [2.24, 2.45) is 0 Å². The highest BCUT2D eigenvalue weighted by molar-refractivity contribution is 8.00. The van der Waals surface area contributed by atoms with Crippen LogP contribution < -0.4 is 5.32 Å². The van der Waals surface area contributed by atoms with Gasteiger partial charge in [-0.3, -0.25) is 4.79 Å². The van der Waals surface area contributed by atoms with E-state index in [2.05, 4.69) is 30.2 Å². The molecule has 0 spiro atoms. The number of thioether (sulfide) groups is 1. The number of aromatic amines is 2. The van der Waals surface area contributed by atoms with Gasteiger partial charge in [-0.25, -0.2) is 15.0 Å². The van der Waals surface area contributed by atoms with Crippen LogP contribution in [0.3, 0.4) is 0 Å². The van der Waals surface area contributed by atoms with Crippen LogP contribution in [0.15, 0.2) is 48.1 Å². The highest BCUT2D eigenvalue weighted by Crippen LogP contribution is 2.22. The van der Waals surface area contributed by atoms with E-state index in [1.54, 1.807) is 6.33 Å². The third kappa shape index (κ3) is 2.76. The maximum absolute atomic E-state index is 12.1. The van der Waals surface area contributed by atoms with Gasteiger partial charge in [-0.2, -0.15) is 0 Å². The summed E-state index contributed by atoms with van der Waals surface area (Å²) in [5.41, 5.74) is 3.10. The molecule has 0 saturated heterocycles. The van der Waals surface area contributed by atoms with Crippen LogP contribution in [0.25, 0.3) is 22.1 Å². The molecule has 0 aliphatic heterocycles. The Balaban J connectivity index is 1.44. The first kappa shape index (κ1) is 13.8. The largest absolute Gasteiger partial charge is 0.361 e. The van der Waals surface area contributed by atoms with E-state index in [1.165, 1.54) is 18.1 Å². The summed E-state index contributed by atoms with van der Waals surface area (Å²) in [6.45, 7) is 0. The zero-order valence-electron chi connectivity index (χ0n) is 11.9. The van der Waals surface area contributed by atoms with Crippen molar-refractivity contribution >= 4 is 45.4 Å². The van der Waals surface area contributed by atoms with Gasteiger partial charge in [-0.15, -0.1) is 0 Å². The molecule has 0 bridgehead atoms. The van der Waals surface area contributed by atoms with E-state index in [1.807, 2.05) is 30.5 Å². The second-order valence-corrected chi connectivity index (χ2v) is 5.86. The topological polar surface area (TPSA) is 99.3 Å². The Bertz CT molecular complexity index is 992. The van der Waals surface area contributed by atoms with Gasteiger partial charge in [-0.1, -0.05) is 17.8 Å². The molecule has 3 heterocycles. The number of aromatic nitrogens is 5. The molecule has 0 aliphatic carbocycles. The van der Waals surface area contributed by atoms with Gasteiger partial charge in [0, 0.05) is 17.4 Å². The van der Waals surface area contributed by atoms with Crippen LogP contribution in [0, 0.1) is 0 Å². The van der Waals surface area contributed by atoms with E-state index in [9.17, 15) is 4.79 Å². The van der Waals surface area contributed by atoms with E-state index in [4.69, 9.17) is 0 Å². The van der Waals surface area contributed by atoms with Crippen molar-refractivity contribution in [3.63, 3.8) is 0 Å². The minimum atomic E-state index is -0.0906. The molecule has 3 N–H and O–H groups in total. The molecule has 1 aromatic carbocycles. The van der Waals surface area contributed by atoms with Gasteiger partial charge in [0.05, 0.1) is 12.1 Å². The normalized spacial score (nSPS) is 11.1. The highest BCUT2D eigenvalue weighted by Gasteiger charge is 2.10. The summed E-state index contributed by atoms with van der Waals surface area (Å²) in [4.78, 5) is 30.5. The fraction of sp³-hybridized carbons (Fsp3) is 0.0667. The molecule has 0 saturated carbocycles. The maximum Gasteiger partial charge on any atom is 0.234 e. The van der Waals surface area contributed by atoms with Gasteiger partial charge >= 0.3 is 0 Å². The molecule has 4 rings (SSSR count). The van der Waals surface area contributed by atoms with Crippen molar-refractivity contribution in [1.29, 1.82) is 0 Å². The zero-order valence-corrected chi connectivity index (χ0v) is 12.7. The number of carbonyl (C=O) groups is 1. The predicted molar refractivity (Wildman–Crippen MR) is 89.3 cm³/mol. The Hall–Kier alpha value is -2.87. The Morgan fingerprint density at radius 1 is 1.17 bits per heavy atom. The lowest BCUT2D eigenvalue weighted by molar-refractivity contribution is -0.113. The first-order chi connectivity index (χ1) is 11.3. The molecular formula is C15H12N6OS. The molecule has 0 aliphatic rings. The monoisotopic (exact) mass is 324 g/mol. The minimum Gasteiger partial charge on any atom is -0.361 e. The van der Waals surface area contributed by atoms with Crippen molar-refractivity contribution in [3.8, 4) is 0 Å². The van der Waals surface area contributed by atoms with Gasteiger partial charge in [0.2, 0.25) is 5.91 Å². The smallest absolute Gasteiger partial charge is 0.234 e. The van der Waals surface area contributed by atoms with Gasteiger partial charge in [0.1, 0.15) is 16.9 Å². The summed E-state index contributed by atoms with van der Waals surface area (Å²) in [6.07, 6.45) is 4.88. The van der Waals surface area contributed by atoms with Crippen LogP contribution in [0.2, 0.25) is 0 Å². The fourth-order valence-corrected chi connectivity index (χ4v) is 3.07. The van der Waals surface area contributed by atoms with E-state index in [-0.39, 0.29) is 11.7 Å². The number of hydrogen-bond donors (Lipinski definition) is 3. The summed E-state index contributed by atoms with van der Waals surface area (Å²) < 4.78 is 0. The third-order valence-corrected chi connectivity index (χ3v) is 4.36. The molecule has 23 heavy (non-hydrogen) atoms. The summed E-state index contributed by atoms with van der Waals surface area (Å²) in [5, 5.41) is 4.71. The summed E-state index contributed by atoms with van der Waals surface area (Å²) in [5.74, 6) is 0.167. The van der Waals surface area contributed by atoms with Crippen LogP contribution in [0.1, 0.15) is 0 Å². The first-order valence-electron chi connectivity index (χ1n) is 6.93. The average Bonchev–Trinajstić information content (AvgIpc) is 3.21. The van der Waals surface area contributed by atoms with E-state index in [0.717, 1.165) is 22.1 Å². The fourth-order valence-electron chi connectivity index (χ4n) is 2.31. The van der Waals surface area contributed by atoms with Crippen LogP contribution >= 0.6 is 11.8 Å². The van der Waals surface area contributed by atoms with Gasteiger partial charge < -0.3 is 15.3 Å². The Morgan fingerprint density at radius 3 is 3.09 bits per heavy atom. The Kier molecular flexibility index (Phi) is 3.43. The zero-order chi connectivity index (χ0) is 15.6. The standard InChI is InChI=1S/C15H12N6OS/c22-12(21-10-2-1-9-3-4-16-11(9)5-10)6-23-15-13-14(18-7-17-13)19-8-20-15/h1-5,7-8,16H,6H2,(H,21,22)(H,17,18,19,20). The van der Waals surface area contributed by atoms with Crippen molar-refractivity contribution in [1.82, 2.24) is 24.9 Å². The number of nitrogens with one attached hydrogen (secondary N) is 3. The maximum atomic E-state index is 12.1. The van der Waals surface area contributed by atoms with E-state index < -0.39 is 0 Å². The van der Waals surface area contributed by atoms with Gasteiger partial charge in [0.25, 0.3) is 0 Å². The number of hydrogen-bond acceptors (Lipinski definition) is 5. The number of nitrogens with zero attached hydrogens (tertiary/aromatic N) is 3. The lowest BCUT2D eigenvalue weighted by atomic mass is 10.2. The number of fused-ring (bicyclic) bond motifs is 2. The van der Waals surface area contributed by atoms with Crippen molar-refractivity contribution in [3.05, 3.63) is 43.1 Å². The molecule has 0 radical (unpaired) electrons. The molecule has 0 unspecified atom stereocenters. The number of H-pyrrole nitrogens is 2. The second-order valence-electron chi connectivity index (χ2n) is 4.90. The lowest BCUT2D eigenvalue weighted by Crippen LogP contribution is -2.14. The molecular weight excluding hydrogens is 312 g/mol. The number of benzene rings is 1. The number of anilines is 1. The first-order valence-corrected chi connectivity index (χ1v) is 7.92. The molecule has 114 valence electrons. The predicted octanol–water partition coefficient (Wildman–Crippen LogP) is 2.57. The summed E-state index contributed by atoms with van der Waals surface area (Å²) >= 11 is 1.34. The molecule has 0 fully saturated rings. The van der Waals surface area contributed by atoms with Gasteiger partial charge in [-0.05, 0) is 23.6 Å². The van der Waals surface area contributed by atoms with E-state index >= 15 is 0 Å². The Morgan fingerprint density at radius 2 is 2.13 bits per heavy atom. The van der Waals surface area contributed by atoms with Crippen molar-refractivity contribution in [2.45, 2.75) is 5.03 Å². The molecule has 7 nitrogen and oxygen atoms in total. The number of rotatable bonds is 4. The van der Waals surface area contributed by atoms with Crippen molar-refractivity contribution < 1.29 is 4.79 Å². The molecule has 4 aromatic rings. The van der Waals surface area contributed by atoms with Crippen LogP contribution in [-0.2, 0) is 4.79 Å². The SMILES string of the molecule is O=C(CSc1ncnc2nc[nH]c12)Nc1ccc2cc[nH]c2c1. The number of carbonyl (C=O) groups excluding carboxylic acids is 1. The average molecular weight is 324 g/mol. The van der Waals surface area contributed by atoms with Gasteiger partial charge in [0.15, 0.2) is 5.65 Å². The molecule has 3 aromatic heterocycles. The van der Waals surface area contributed by atoms with Crippen LogP contribution in [0.5, 0.6) is 0 Å². The Labute approximate surface area is 134 Å².